The largest absolute Gasteiger partial charge is 0.493 e. The van der Waals surface area contributed by atoms with Crippen molar-refractivity contribution in [2.24, 2.45) is 0 Å². The van der Waals surface area contributed by atoms with Crippen LogP contribution < -0.4 is 24.8 Å². The first-order valence-corrected chi connectivity index (χ1v) is 11.6. The van der Waals surface area contributed by atoms with Gasteiger partial charge in [-0.2, -0.15) is 0 Å². The molecule has 0 aliphatic heterocycles. The topological polar surface area (TPSA) is 112 Å². The van der Waals surface area contributed by atoms with Crippen molar-refractivity contribution in [1.82, 2.24) is 15.3 Å². The van der Waals surface area contributed by atoms with Crippen molar-refractivity contribution in [2.45, 2.75) is 18.9 Å². The van der Waals surface area contributed by atoms with E-state index in [2.05, 4.69) is 20.6 Å². The van der Waals surface area contributed by atoms with Crippen molar-refractivity contribution in [3.63, 3.8) is 0 Å². The van der Waals surface area contributed by atoms with Gasteiger partial charge in [0.15, 0.2) is 11.5 Å². The van der Waals surface area contributed by atoms with E-state index in [1.807, 2.05) is 6.08 Å². The number of aromatic nitrogens is 2. The molecule has 36 heavy (non-hydrogen) atoms. The minimum absolute atomic E-state index is 0.128. The number of carbonyl (C=O) groups is 2. The highest BCUT2D eigenvalue weighted by atomic mass is 35.5. The number of allylic oxidation sites excluding steroid dienone is 2. The number of halogens is 2. The molecular weight excluding hydrogens is 507 g/mol. The fourth-order valence-electron chi connectivity index (χ4n) is 3.56. The zero-order valence-corrected chi connectivity index (χ0v) is 20.9. The Morgan fingerprint density at radius 1 is 1.06 bits per heavy atom. The molecule has 9 nitrogen and oxygen atoms in total. The van der Waals surface area contributed by atoms with Gasteiger partial charge in [0.1, 0.15) is 17.2 Å². The summed E-state index contributed by atoms with van der Waals surface area (Å²) in [5.74, 6) is 0.698. The van der Waals surface area contributed by atoms with Gasteiger partial charge in [0.05, 0.1) is 37.7 Å². The highest BCUT2D eigenvalue weighted by molar-refractivity contribution is 6.32. The maximum atomic E-state index is 12.3. The van der Waals surface area contributed by atoms with Crippen LogP contribution in [-0.4, -0.2) is 42.0 Å². The number of methoxy groups -OCH3 is 2. The monoisotopic (exact) mass is 528 g/mol. The minimum atomic E-state index is -0.512. The van der Waals surface area contributed by atoms with E-state index in [4.69, 9.17) is 37.4 Å². The predicted octanol–water partition coefficient (Wildman–Crippen LogP) is 4.99. The van der Waals surface area contributed by atoms with Gasteiger partial charge in [-0.05, 0) is 36.8 Å². The Balaban J connectivity index is 1.42. The van der Waals surface area contributed by atoms with Gasteiger partial charge < -0.3 is 24.8 Å². The van der Waals surface area contributed by atoms with E-state index in [-0.39, 0.29) is 23.4 Å². The molecule has 2 heterocycles. The fraction of sp³-hybridized carbons (Fsp3) is 0.200. The number of benzene rings is 1. The van der Waals surface area contributed by atoms with Crippen molar-refractivity contribution in [1.29, 1.82) is 0 Å². The molecule has 2 N–H and O–H groups in total. The number of amides is 2. The van der Waals surface area contributed by atoms with Gasteiger partial charge in [0.2, 0.25) is 17.7 Å². The second kappa shape index (κ2) is 11.3. The predicted molar refractivity (Wildman–Crippen MR) is 137 cm³/mol. The lowest BCUT2D eigenvalue weighted by Gasteiger charge is -2.16. The summed E-state index contributed by atoms with van der Waals surface area (Å²) in [5.41, 5.74) is 0.949. The lowest BCUT2D eigenvalue weighted by molar-refractivity contribution is -0.127. The van der Waals surface area contributed by atoms with Crippen molar-refractivity contribution < 1.29 is 23.8 Å². The van der Waals surface area contributed by atoms with E-state index < -0.39 is 11.8 Å². The number of rotatable bonds is 8. The van der Waals surface area contributed by atoms with Crippen LogP contribution in [0.15, 0.2) is 59.9 Å². The fourth-order valence-corrected chi connectivity index (χ4v) is 4.01. The van der Waals surface area contributed by atoms with E-state index >= 15 is 0 Å². The van der Waals surface area contributed by atoms with Gasteiger partial charge in [-0.15, -0.1) is 0 Å². The lowest BCUT2D eigenvalue weighted by Crippen LogP contribution is -2.36. The molecule has 3 aromatic rings. The summed E-state index contributed by atoms with van der Waals surface area (Å²) in [6.45, 7) is 0. The third-order valence-corrected chi connectivity index (χ3v) is 5.72. The second-order valence-corrected chi connectivity index (χ2v) is 8.58. The van der Waals surface area contributed by atoms with Crippen molar-refractivity contribution >= 4 is 51.6 Å². The Kier molecular flexibility index (Phi) is 7.92. The summed E-state index contributed by atoms with van der Waals surface area (Å²) in [5, 5.41) is 6.73. The summed E-state index contributed by atoms with van der Waals surface area (Å²) >= 11 is 12.3. The Morgan fingerprint density at radius 3 is 2.56 bits per heavy atom. The van der Waals surface area contributed by atoms with Crippen LogP contribution in [0.1, 0.15) is 12.8 Å². The molecule has 1 aromatic carbocycles. The van der Waals surface area contributed by atoms with Gasteiger partial charge in [-0.3, -0.25) is 14.6 Å². The van der Waals surface area contributed by atoms with Crippen LogP contribution in [0.5, 0.6) is 23.1 Å². The quantitative estimate of drug-likeness (QED) is 0.396. The molecule has 186 valence electrons. The summed E-state index contributed by atoms with van der Waals surface area (Å²) in [6, 6.07) is 6.39. The van der Waals surface area contributed by atoms with Crippen LogP contribution in [0.25, 0.3) is 10.9 Å². The maximum absolute atomic E-state index is 12.3. The number of hydrogen-bond acceptors (Lipinski definition) is 7. The van der Waals surface area contributed by atoms with E-state index in [0.29, 0.717) is 45.3 Å². The first-order valence-electron chi connectivity index (χ1n) is 10.8. The molecule has 2 aromatic heterocycles. The van der Waals surface area contributed by atoms with Crippen LogP contribution in [-0.2, 0) is 9.59 Å². The third kappa shape index (κ3) is 6.05. The van der Waals surface area contributed by atoms with Crippen LogP contribution in [0.2, 0.25) is 5.02 Å². The summed E-state index contributed by atoms with van der Waals surface area (Å²) in [4.78, 5) is 33.1. The maximum Gasteiger partial charge on any atom is 0.238 e. The van der Waals surface area contributed by atoms with E-state index in [0.717, 1.165) is 0 Å². The first kappa shape index (κ1) is 25.3. The highest BCUT2D eigenvalue weighted by Crippen LogP contribution is 2.38. The molecule has 1 unspecified atom stereocenters. The minimum Gasteiger partial charge on any atom is -0.493 e. The average Bonchev–Trinajstić information content (AvgIpc) is 2.84. The zero-order valence-electron chi connectivity index (χ0n) is 19.4. The van der Waals surface area contributed by atoms with Gasteiger partial charge in [0, 0.05) is 22.7 Å². The number of pyridine rings is 2. The molecule has 0 bridgehead atoms. The summed E-state index contributed by atoms with van der Waals surface area (Å²) in [7, 11) is 3.08. The molecule has 2 amide bonds. The molecule has 1 aliphatic carbocycles. The molecule has 1 aliphatic rings. The molecule has 4 rings (SSSR count). The van der Waals surface area contributed by atoms with Gasteiger partial charge in [-0.1, -0.05) is 29.3 Å². The van der Waals surface area contributed by atoms with Gasteiger partial charge in [0.25, 0.3) is 0 Å². The molecule has 1 atom stereocenters. The molecule has 0 radical (unpaired) electrons. The standard InChI is InChI=1S/C25H22Cl2N4O5/c1-34-21-10-17-19(11-22(21)35-2)28-7-6-20(17)36-25-18(27)9-16(13-29-25)31-24(33)12-23(32)30-15-5-3-4-14(26)8-15/h3-4,6-11,13,15H,5,12H2,1-2H3,(H,30,32)(H,31,33). The number of anilines is 1. The second-order valence-electron chi connectivity index (χ2n) is 7.74. The Labute approximate surface area is 217 Å². The molecule has 0 saturated heterocycles. The number of hydrogen-bond donors (Lipinski definition) is 2. The molecule has 11 heteroatoms. The van der Waals surface area contributed by atoms with Crippen LogP contribution in [0.3, 0.4) is 0 Å². The van der Waals surface area contributed by atoms with Crippen molar-refractivity contribution in [3.8, 4) is 23.1 Å². The number of ether oxygens (including phenoxy) is 3. The zero-order chi connectivity index (χ0) is 25.7. The van der Waals surface area contributed by atoms with Crippen LogP contribution >= 0.6 is 23.2 Å². The Hall–Kier alpha value is -3.82. The Morgan fingerprint density at radius 2 is 1.83 bits per heavy atom. The normalized spacial score (nSPS) is 14.7. The van der Waals surface area contributed by atoms with Gasteiger partial charge >= 0.3 is 0 Å². The number of carbonyl (C=O) groups excluding carboxylic acids is 2. The lowest BCUT2D eigenvalue weighted by atomic mass is 10.1. The van der Waals surface area contributed by atoms with E-state index in [9.17, 15) is 9.59 Å². The third-order valence-electron chi connectivity index (χ3n) is 5.20. The molecule has 0 fully saturated rings. The summed E-state index contributed by atoms with van der Waals surface area (Å²) in [6.07, 6.45) is 8.55. The highest BCUT2D eigenvalue weighted by Gasteiger charge is 2.17. The number of nitrogens with zero attached hydrogens (tertiary/aromatic N) is 2. The van der Waals surface area contributed by atoms with Crippen molar-refractivity contribution in [3.05, 3.63) is 64.9 Å². The average molecular weight is 529 g/mol. The van der Waals surface area contributed by atoms with Crippen molar-refractivity contribution in [2.75, 3.05) is 19.5 Å². The smallest absolute Gasteiger partial charge is 0.238 e. The molecule has 0 saturated carbocycles. The SMILES string of the molecule is COc1cc2nccc(Oc3ncc(NC(=O)CC(=O)NC4C=C(Cl)C=CC4)cc3Cl)c2cc1OC. The molecular formula is C25H22Cl2N4O5. The van der Waals surface area contributed by atoms with E-state index in [1.165, 1.54) is 19.4 Å². The van der Waals surface area contributed by atoms with Crippen LogP contribution in [0, 0.1) is 0 Å². The first-order chi connectivity index (χ1) is 17.4. The van der Waals surface area contributed by atoms with Crippen LogP contribution in [0.4, 0.5) is 5.69 Å². The Bertz CT molecular complexity index is 1380. The molecule has 0 spiro atoms. The van der Waals surface area contributed by atoms with Gasteiger partial charge in [-0.25, -0.2) is 4.98 Å². The summed E-state index contributed by atoms with van der Waals surface area (Å²) < 4.78 is 16.6. The van der Waals surface area contributed by atoms with E-state index in [1.54, 1.807) is 43.7 Å². The number of nitrogens with one attached hydrogen (secondary N) is 2. The number of fused-ring (bicyclic) bond motifs is 1.